The Balaban J connectivity index is 1.57. The standard InChI is InChI=1S/C18H14ClF3N4O2S2/c1-28-12-4-2-3-11(8-12)23-16-25-26-17(30-16)29-9-15(27)24-14-7-10(18(20,21)22)5-6-13(14)19/h2-8H,9H2,1H3,(H,23,25)(H,24,27). The molecular weight excluding hydrogens is 461 g/mol. The Morgan fingerprint density at radius 1 is 1.23 bits per heavy atom. The Morgan fingerprint density at radius 3 is 2.77 bits per heavy atom. The van der Waals surface area contributed by atoms with Crippen LogP contribution in [0, 0.1) is 0 Å². The van der Waals surface area contributed by atoms with Gasteiger partial charge in [0, 0.05) is 11.8 Å². The SMILES string of the molecule is COc1cccc(Nc2nnc(SCC(=O)Nc3cc(C(F)(F)F)ccc3Cl)s2)c1. The monoisotopic (exact) mass is 474 g/mol. The van der Waals surface area contributed by atoms with Crippen LogP contribution in [0.3, 0.4) is 0 Å². The van der Waals surface area contributed by atoms with Gasteiger partial charge in [-0.3, -0.25) is 4.79 Å². The molecule has 0 aliphatic carbocycles. The summed E-state index contributed by atoms with van der Waals surface area (Å²) < 4.78 is 44.1. The number of halogens is 4. The number of amides is 1. The van der Waals surface area contributed by atoms with Crippen LogP contribution in [-0.4, -0.2) is 29.0 Å². The number of carbonyl (C=O) groups is 1. The van der Waals surface area contributed by atoms with Gasteiger partial charge in [-0.05, 0) is 30.3 Å². The molecule has 3 rings (SSSR count). The number of anilines is 3. The summed E-state index contributed by atoms with van der Waals surface area (Å²) in [5, 5.41) is 14.0. The number of alkyl halides is 3. The van der Waals surface area contributed by atoms with Gasteiger partial charge >= 0.3 is 6.18 Å². The molecule has 2 N–H and O–H groups in total. The molecule has 0 spiro atoms. The first-order valence-corrected chi connectivity index (χ1v) is 10.5. The topological polar surface area (TPSA) is 76.1 Å². The summed E-state index contributed by atoms with van der Waals surface area (Å²) in [5.41, 5.74) is -0.235. The van der Waals surface area contributed by atoms with Crippen LogP contribution in [0.25, 0.3) is 0 Å². The number of thioether (sulfide) groups is 1. The highest BCUT2D eigenvalue weighted by Crippen LogP contribution is 2.34. The lowest BCUT2D eigenvalue weighted by Gasteiger charge is -2.11. The van der Waals surface area contributed by atoms with E-state index in [0.717, 1.165) is 35.6 Å². The molecule has 0 aliphatic rings. The van der Waals surface area contributed by atoms with E-state index >= 15 is 0 Å². The van der Waals surface area contributed by atoms with Crippen molar-refractivity contribution in [3.05, 3.63) is 53.1 Å². The molecule has 0 aliphatic heterocycles. The van der Waals surface area contributed by atoms with Crippen molar-refractivity contribution in [2.75, 3.05) is 23.5 Å². The van der Waals surface area contributed by atoms with E-state index < -0.39 is 17.6 Å². The first-order chi connectivity index (χ1) is 14.2. The summed E-state index contributed by atoms with van der Waals surface area (Å²) >= 11 is 8.22. The van der Waals surface area contributed by atoms with Gasteiger partial charge in [-0.25, -0.2) is 0 Å². The maximum Gasteiger partial charge on any atom is 0.416 e. The van der Waals surface area contributed by atoms with E-state index in [1.54, 1.807) is 13.2 Å². The van der Waals surface area contributed by atoms with E-state index in [2.05, 4.69) is 20.8 Å². The fraction of sp³-hybridized carbons (Fsp3) is 0.167. The van der Waals surface area contributed by atoms with E-state index in [-0.39, 0.29) is 16.5 Å². The van der Waals surface area contributed by atoms with Gasteiger partial charge in [0.15, 0.2) is 4.34 Å². The number of hydrogen-bond acceptors (Lipinski definition) is 7. The molecule has 12 heteroatoms. The second-order valence-electron chi connectivity index (χ2n) is 5.76. The fourth-order valence-electron chi connectivity index (χ4n) is 2.25. The second-order valence-corrected chi connectivity index (χ2v) is 8.37. The predicted octanol–water partition coefficient (Wildman–Crippen LogP) is 5.69. The van der Waals surface area contributed by atoms with Crippen molar-refractivity contribution in [1.82, 2.24) is 10.2 Å². The van der Waals surface area contributed by atoms with Gasteiger partial charge in [-0.15, -0.1) is 10.2 Å². The quantitative estimate of drug-likeness (QED) is 0.428. The van der Waals surface area contributed by atoms with Crippen LogP contribution in [0.4, 0.5) is 29.7 Å². The molecule has 0 unspecified atom stereocenters. The molecule has 1 amide bonds. The minimum Gasteiger partial charge on any atom is -0.497 e. The van der Waals surface area contributed by atoms with Crippen molar-refractivity contribution in [2.24, 2.45) is 0 Å². The Kier molecular flexibility index (Phi) is 7.06. The molecule has 3 aromatic rings. The average Bonchev–Trinajstić information content (AvgIpc) is 3.14. The Bertz CT molecular complexity index is 1050. The number of ether oxygens (including phenoxy) is 1. The lowest BCUT2D eigenvalue weighted by molar-refractivity contribution is -0.137. The molecule has 1 aromatic heterocycles. The van der Waals surface area contributed by atoms with E-state index in [9.17, 15) is 18.0 Å². The number of benzene rings is 2. The first-order valence-electron chi connectivity index (χ1n) is 8.28. The molecule has 158 valence electrons. The Morgan fingerprint density at radius 2 is 2.03 bits per heavy atom. The molecule has 0 radical (unpaired) electrons. The van der Waals surface area contributed by atoms with Gasteiger partial charge in [0.25, 0.3) is 0 Å². The van der Waals surface area contributed by atoms with Crippen molar-refractivity contribution < 1.29 is 22.7 Å². The van der Waals surface area contributed by atoms with Crippen molar-refractivity contribution >= 4 is 57.1 Å². The zero-order valence-corrected chi connectivity index (χ0v) is 17.7. The summed E-state index contributed by atoms with van der Waals surface area (Å²) in [5.74, 6) is 0.100. The van der Waals surface area contributed by atoms with Gasteiger partial charge in [-0.2, -0.15) is 13.2 Å². The van der Waals surface area contributed by atoms with Crippen molar-refractivity contribution in [1.29, 1.82) is 0 Å². The zero-order chi connectivity index (χ0) is 21.7. The molecule has 0 bridgehead atoms. The van der Waals surface area contributed by atoms with E-state index in [4.69, 9.17) is 16.3 Å². The lowest BCUT2D eigenvalue weighted by Crippen LogP contribution is -2.15. The third-order valence-corrected chi connectivity index (χ3v) is 5.92. The summed E-state index contributed by atoms with van der Waals surface area (Å²) in [4.78, 5) is 12.1. The highest BCUT2D eigenvalue weighted by molar-refractivity contribution is 8.01. The van der Waals surface area contributed by atoms with Crippen LogP contribution < -0.4 is 15.4 Å². The van der Waals surface area contributed by atoms with Gasteiger partial charge in [0.2, 0.25) is 11.0 Å². The van der Waals surface area contributed by atoms with Crippen LogP contribution in [0.1, 0.15) is 5.56 Å². The lowest BCUT2D eigenvalue weighted by atomic mass is 10.2. The largest absolute Gasteiger partial charge is 0.497 e. The van der Waals surface area contributed by atoms with Gasteiger partial charge in [0.1, 0.15) is 5.75 Å². The van der Waals surface area contributed by atoms with Crippen LogP contribution >= 0.6 is 34.7 Å². The maximum atomic E-state index is 12.8. The third-order valence-electron chi connectivity index (χ3n) is 3.62. The fourth-order valence-corrected chi connectivity index (χ4v) is 3.99. The minimum atomic E-state index is -4.53. The van der Waals surface area contributed by atoms with E-state index in [0.29, 0.717) is 15.2 Å². The molecule has 0 atom stereocenters. The third kappa shape index (κ3) is 6.00. The number of carbonyl (C=O) groups excluding carboxylic acids is 1. The number of nitrogens with zero attached hydrogens (tertiary/aromatic N) is 2. The van der Waals surface area contributed by atoms with Gasteiger partial charge in [-0.1, -0.05) is 40.8 Å². The minimum absolute atomic E-state index is 0.0158. The molecule has 1 heterocycles. The number of methoxy groups -OCH3 is 1. The van der Waals surface area contributed by atoms with E-state index in [1.165, 1.54) is 11.3 Å². The normalized spacial score (nSPS) is 11.2. The molecular formula is C18H14ClF3N4O2S2. The summed E-state index contributed by atoms with van der Waals surface area (Å²) in [6.07, 6.45) is -4.53. The molecule has 6 nitrogen and oxygen atoms in total. The first kappa shape index (κ1) is 22.2. The summed E-state index contributed by atoms with van der Waals surface area (Å²) in [6.45, 7) is 0. The van der Waals surface area contributed by atoms with Crippen molar-refractivity contribution in [3.63, 3.8) is 0 Å². The van der Waals surface area contributed by atoms with E-state index in [1.807, 2.05) is 18.2 Å². The van der Waals surface area contributed by atoms with Crippen molar-refractivity contribution in [3.8, 4) is 5.75 Å². The molecule has 30 heavy (non-hydrogen) atoms. The Labute approximate surface area is 182 Å². The van der Waals surface area contributed by atoms with Crippen LogP contribution in [-0.2, 0) is 11.0 Å². The highest BCUT2D eigenvalue weighted by Gasteiger charge is 2.31. The van der Waals surface area contributed by atoms with Crippen LogP contribution in [0.15, 0.2) is 46.8 Å². The number of nitrogens with one attached hydrogen (secondary N) is 2. The molecule has 0 saturated heterocycles. The predicted molar refractivity (Wildman–Crippen MR) is 112 cm³/mol. The van der Waals surface area contributed by atoms with Gasteiger partial charge < -0.3 is 15.4 Å². The average molecular weight is 475 g/mol. The van der Waals surface area contributed by atoms with Crippen LogP contribution in [0.5, 0.6) is 5.75 Å². The number of rotatable bonds is 7. The highest BCUT2D eigenvalue weighted by atomic mass is 35.5. The number of hydrogen-bond donors (Lipinski definition) is 2. The van der Waals surface area contributed by atoms with Crippen LogP contribution in [0.2, 0.25) is 5.02 Å². The summed E-state index contributed by atoms with van der Waals surface area (Å²) in [6, 6.07) is 10.00. The number of aromatic nitrogens is 2. The molecule has 0 fully saturated rings. The molecule has 2 aromatic carbocycles. The maximum absolute atomic E-state index is 12.8. The molecule has 0 saturated carbocycles. The second kappa shape index (κ2) is 9.54. The Hall–Kier alpha value is -2.50. The van der Waals surface area contributed by atoms with Gasteiger partial charge in [0.05, 0.1) is 29.1 Å². The smallest absolute Gasteiger partial charge is 0.416 e. The summed E-state index contributed by atoms with van der Waals surface area (Å²) in [7, 11) is 1.57. The zero-order valence-electron chi connectivity index (χ0n) is 15.3. The van der Waals surface area contributed by atoms with Crippen molar-refractivity contribution in [2.45, 2.75) is 10.5 Å².